The minimum Gasteiger partial charge on any atom is -0.378 e. The molecule has 2 amide bonds. The fourth-order valence-corrected chi connectivity index (χ4v) is 4.81. The van der Waals surface area contributed by atoms with Crippen molar-refractivity contribution >= 4 is 45.7 Å². The maximum absolute atomic E-state index is 12.9. The van der Waals surface area contributed by atoms with Crippen molar-refractivity contribution in [1.82, 2.24) is 19.7 Å². The monoisotopic (exact) mass is 494 g/mol. The van der Waals surface area contributed by atoms with E-state index < -0.39 is 5.91 Å². The van der Waals surface area contributed by atoms with Crippen molar-refractivity contribution in [2.75, 3.05) is 35.8 Å². The number of aryl methyl sites for hydroxylation is 1. The Kier molecular flexibility index (Phi) is 7.15. The third-order valence-corrected chi connectivity index (χ3v) is 6.90. The molecule has 0 bridgehead atoms. The molecule has 3 heterocycles. The van der Waals surface area contributed by atoms with Crippen molar-refractivity contribution in [3.8, 4) is 0 Å². The number of primary amides is 1. The first-order valence-corrected chi connectivity index (χ1v) is 12.2. The number of anilines is 4. The maximum Gasteiger partial charge on any atom is 0.271 e. The molecule has 2 unspecified atom stereocenters. The van der Waals surface area contributed by atoms with Crippen molar-refractivity contribution in [1.29, 1.82) is 0 Å². The van der Waals surface area contributed by atoms with Crippen LogP contribution in [-0.2, 0) is 0 Å². The van der Waals surface area contributed by atoms with Crippen LogP contribution in [0.2, 0.25) is 0 Å². The van der Waals surface area contributed by atoms with Gasteiger partial charge in [0.25, 0.3) is 11.8 Å². The SMILES string of the molecule is Cc1cc(Nc2nc(N3CCCC(NC(=O)c4ccc(N(C)C)cc4)C3C)cnc2C(N)=O)sn1. The van der Waals surface area contributed by atoms with Crippen LogP contribution >= 0.6 is 11.5 Å². The second kappa shape index (κ2) is 10.3. The molecule has 11 heteroatoms. The lowest BCUT2D eigenvalue weighted by Gasteiger charge is -2.40. The second-order valence-electron chi connectivity index (χ2n) is 8.84. The van der Waals surface area contributed by atoms with Gasteiger partial charge in [-0.2, -0.15) is 4.37 Å². The first kappa shape index (κ1) is 24.4. The molecule has 35 heavy (non-hydrogen) atoms. The van der Waals surface area contributed by atoms with Gasteiger partial charge in [-0.05, 0) is 68.6 Å². The van der Waals surface area contributed by atoms with Gasteiger partial charge in [0.2, 0.25) is 0 Å². The van der Waals surface area contributed by atoms with E-state index in [0.717, 1.165) is 35.8 Å². The summed E-state index contributed by atoms with van der Waals surface area (Å²) in [5.74, 6) is 0.135. The van der Waals surface area contributed by atoms with Gasteiger partial charge in [0.1, 0.15) is 10.8 Å². The third kappa shape index (κ3) is 5.51. The van der Waals surface area contributed by atoms with E-state index in [1.54, 1.807) is 6.20 Å². The number of rotatable bonds is 7. The van der Waals surface area contributed by atoms with Crippen LogP contribution in [0.25, 0.3) is 0 Å². The largest absolute Gasteiger partial charge is 0.378 e. The van der Waals surface area contributed by atoms with Crippen molar-refractivity contribution in [3.05, 3.63) is 53.5 Å². The molecule has 1 fully saturated rings. The number of hydrogen-bond acceptors (Lipinski definition) is 9. The van der Waals surface area contributed by atoms with E-state index in [1.165, 1.54) is 11.5 Å². The number of benzene rings is 1. The number of nitrogens with zero attached hydrogens (tertiary/aromatic N) is 5. The summed E-state index contributed by atoms with van der Waals surface area (Å²) in [4.78, 5) is 37.9. The Morgan fingerprint density at radius 2 is 1.97 bits per heavy atom. The summed E-state index contributed by atoms with van der Waals surface area (Å²) in [5, 5.41) is 7.05. The van der Waals surface area contributed by atoms with Gasteiger partial charge in [0.05, 0.1) is 11.9 Å². The lowest BCUT2D eigenvalue weighted by atomic mass is 9.97. The predicted molar refractivity (Wildman–Crippen MR) is 139 cm³/mol. The fourth-order valence-electron chi connectivity index (χ4n) is 4.15. The molecule has 1 aromatic carbocycles. The first-order chi connectivity index (χ1) is 16.7. The van der Waals surface area contributed by atoms with E-state index in [9.17, 15) is 9.59 Å². The molecule has 10 nitrogen and oxygen atoms in total. The Morgan fingerprint density at radius 3 is 2.60 bits per heavy atom. The van der Waals surface area contributed by atoms with Gasteiger partial charge in [0, 0.05) is 44.0 Å². The maximum atomic E-state index is 12.9. The molecule has 2 atom stereocenters. The number of aromatic nitrogens is 3. The summed E-state index contributed by atoms with van der Waals surface area (Å²) in [7, 11) is 3.93. The molecule has 1 aliphatic heterocycles. The summed E-state index contributed by atoms with van der Waals surface area (Å²) >= 11 is 1.27. The highest BCUT2D eigenvalue weighted by atomic mass is 32.1. The highest BCUT2D eigenvalue weighted by Crippen LogP contribution is 2.28. The van der Waals surface area contributed by atoms with Gasteiger partial charge >= 0.3 is 0 Å². The molecule has 1 saturated heterocycles. The topological polar surface area (TPSA) is 129 Å². The molecule has 4 N–H and O–H groups in total. The summed E-state index contributed by atoms with van der Waals surface area (Å²) < 4.78 is 4.25. The summed E-state index contributed by atoms with van der Waals surface area (Å²) in [6, 6.07) is 9.31. The molecule has 1 aliphatic rings. The van der Waals surface area contributed by atoms with Crippen molar-refractivity contribution in [2.24, 2.45) is 5.73 Å². The van der Waals surface area contributed by atoms with Crippen LogP contribution in [0.4, 0.5) is 22.3 Å². The molecule has 3 aromatic rings. The van der Waals surface area contributed by atoms with Crippen LogP contribution in [0.5, 0.6) is 0 Å². The zero-order valence-corrected chi connectivity index (χ0v) is 21.1. The Morgan fingerprint density at radius 1 is 1.23 bits per heavy atom. The van der Waals surface area contributed by atoms with Crippen LogP contribution in [0, 0.1) is 6.92 Å². The van der Waals surface area contributed by atoms with Gasteiger partial charge in [0.15, 0.2) is 11.5 Å². The van der Waals surface area contributed by atoms with E-state index in [2.05, 4.69) is 36.8 Å². The van der Waals surface area contributed by atoms with E-state index in [-0.39, 0.29) is 29.5 Å². The van der Waals surface area contributed by atoms with Crippen LogP contribution < -0.4 is 26.2 Å². The van der Waals surface area contributed by atoms with Gasteiger partial charge < -0.3 is 26.2 Å². The Labute approximate surface area is 208 Å². The number of carbonyl (C=O) groups is 2. The Balaban J connectivity index is 1.52. The van der Waals surface area contributed by atoms with Crippen LogP contribution in [-0.4, -0.2) is 58.9 Å². The lowest BCUT2D eigenvalue weighted by Crippen LogP contribution is -2.54. The van der Waals surface area contributed by atoms with E-state index in [1.807, 2.05) is 56.3 Å². The van der Waals surface area contributed by atoms with Gasteiger partial charge in [-0.3, -0.25) is 9.59 Å². The smallest absolute Gasteiger partial charge is 0.271 e. The number of carbonyl (C=O) groups excluding carboxylic acids is 2. The highest BCUT2D eigenvalue weighted by Gasteiger charge is 2.31. The minimum absolute atomic E-state index is 0.0269. The number of hydrogen-bond donors (Lipinski definition) is 3. The van der Waals surface area contributed by atoms with Crippen LogP contribution in [0.3, 0.4) is 0 Å². The predicted octanol–water partition coefficient (Wildman–Crippen LogP) is 2.94. The molecule has 0 saturated carbocycles. The number of nitrogens with one attached hydrogen (secondary N) is 2. The fraction of sp³-hybridized carbons (Fsp3) is 0.375. The summed E-state index contributed by atoms with van der Waals surface area (Å²) in [6.45, 7) is 4.70. The summed E-state index contributed by atoms with van der Waals surface area (Å²) in [5.41, 5.74) is 8.12. The van der Waals surface area contributed by atoms with Crippen molar-refractivity contribution < 1.29 is 9.59 Å². The summed E-state index contributed by atoms with van der Waals surface area (Å²) in [6.07, 6.45) is 3.30. The second-order valence-corrected chi connectivity index (χ2v) is 9.65. The van der Waals surface area contributed by atoms with Crippen LogP contribution in [0.15, 0.2) is 36.5 Å². The molecule has 4 rings (SSSR count). The lowest BCUT2D eigenvalue weighted by molar-refractivity contribution is 0.0923. The third-order valence-electron chi connectivity index (χ3n) is 6.11. The zero-order valence-electron chi connectivity index (χ0n) is 20.3. The van der Waals surface area contributed by atoms with E-state index in [0.29, 0.717) is 11.4 Å². The average Bonchev–Trinajstić information content (AvgIpc) is 3.24. The molecule has 0 spiro atoms. The molecular weight excluding hydrogens is 464 g/mol. The zero-order chi connectivity index (χ0) is 25.1. The molecule has 184 valence electrons. The quantitative estimate of drug-likeness (QED) is 0.457. The van der Waals surface area contributed by atoms with E-state index >= 15 is 0 Å². The average molecular weight is 495 g/mol. The number of piperidine rings is 1. The van der Waals surface area contributed by atoms with Crippen molar-refractivity contribution in [3.63, 3.8) is 0 Å². The van der Waals surface area contributed by atoms with Gasteiger partial charge in [-0.25, -0.2) is 9.97 Å². The van der Waals surface area contributed by atoms with Crippen LogP contribution in [0.1, 0.15) is 46.3 Å². The van der Waals surface area contributed by atoms with Gasteiger partial charge in [-0.15, -0.1) is 0 Å². The molecule has 0 radical (unpaired) electrons. The number of amides is 2. The molecule has 0 aliphatic carbocycles. The minimum atomic E-state index is -0.662. The van der Waals surface area contributed by atoms with Gasteiger partial charge in [-0.1, -0.05) is 0 Å². The Hall–Kier alpha value is -3.73. The first-order valence-electron chi connectivity index (χ1n) is 11.4. The van der Waals surface area contributed by atoms with E-state index in [4.69, 9.17) is 5.73 Å². The normalized spacial score (nSPS) is 17.7. The highest BCUT2D eigenvalue weighted by molar-refractivity contribution is 7.10. The van der Waals surface area contributed by atoms with Crippen molar-refractivity contribution in [2.45, 2.75) is 38.8 Å². The Bertz CT molecular complexity index is 1210. The standard InChI is InChI=1S/C24H30N8O2S/c1-14-12-20(35-30-14)29-23-21(22(25)33)26-13-19(28-23)32-11-5-6-18(15(32)2)27-24(34)16-7-9-17(10-8-16)31(3)4/h7-10,12-13,15,18H,5-6,11H2,1-4H3,(H2,25,33)(H,27,34)(H,28,29). The molecular formula is C24H30N8O2S. The number of nitrogens with two attached hydrogens (primary N) is 1. The molecule has 2 aromatic heterocycles.